The second-order valence-corrected chi connectivity index (χ2v) is 10.1. The molecule has 0 radical (unpaired) electrons. The van der Waals surface area contributed by atoms with Crippen LogP contribution in [0, 0.1) is 11.7 Å². The summed E-state index contributed by atoms with van der Waals surface area (Å²) in [6.45, 7) is 6.41. The Labute approximate surface area is 207 Å². The fraction of sp³-hybridized carbons (Fsp3) is 0.483. The predicted molar refractivity (Wildman–Crippen MR) is 137 cm³/mol. The second-order valence-electron chi connectivity index (χ2n) is 10.1. The van der Waals surface area contributed by atoms with Crippen LogP contribution in [-0.2, 0) is 11.3 Å². The van der Waals surface area contributed by atoms with Crippen LogP contribution in [0.15, 0.2) is 54.7 Å². The number of carbonyl (C=O) groups is 1. The van der Waals surface area contributed by atoms with Crippen molar-refractivity contribution < 1.29 is 13.9 Å². The highest BCUT2D eigenvalue weighted by molar-refractivity contribution is 6.06. The molecule has 186 valence electrons. The number of aryl methyl sites for hydroxylation is 1. The minimum atomic E-state index is -0.165. The normalized spacial score (nSPS) is 19.6. The molecule has 1 atom stereocenters. The first-order chi connectivity index (χ1) is 17.1. The third kappa shape index (κ3) is 5.44. The first kappa shape index (κ1) is 24.0. The molecule has 5 nitrogen and oxygen atoms in total. The molecule has 6 heteroatoms. The number of rotatable bonds is 8. The summed E-state index contributed by atoms with van der Waals surface area (Å²) in [7, 11) is 1.72. The van der Waals surface area contributed by atoms with E-state index in [0.29, 0.717) is 18.4 Å². The van der Waals surface area contributed by atoms with Crippen molar-refractivity contribution >= 4 is 16.8 Å². The molecule has 1 aromatic heterocycles. The quantitative estimate of drug-likeness (QED) is 0.421. The Morgan fingerprint density at radius 2 is 1.83 bits per heavy atom. The highest BCUT2D eigenvalue weighted by Gasteiger charge is 2.30. The topological polar surface area (TPSA) is 37.7 Å². The van der Waals surface area contributed by atoms with Gasteiger partial charge in [0, 0.05) is 51.5 Å². The van der Waals surface area contributed by atoms with Gasteiger partial charge in [0.15, 0.2) is 0 Å². The number of benzene rings is 2. The minimum absolute atomic E-state index is 0.153. The molecule has 2 saturated heterocycles. The number of amides is 1. The zero-order chi connectivity index (χ0) is 24.2. The van der Waals surface area contributed by atoms with Gasteiger partial charge in [0.05, 0.1) is 11.1 Å². The van der Waals surface area contributed by atoms with Crippen LogP contribution in [0.1, 0.15) is 47.5 Å². The molecule has 0 saturated carbocycles. The molecule has 0 aliphatic carbocycles. The van der Waals surface area contributed by atoms with Gasteiger partial charge >= 0.3 is 0 Å². The number of piperidine rings is 1. The van der Waals surface area contributed by atoms with Crippen LogP contribution >= 0.6 is 0 Å². The smallest absolute Gasteiger partial charge is 0.256 e. The van der Waals surface area contributed by atoms with Crippen molar-refractivity contribution in [2.45, 2.75) is 38.1 Å². The number of aromatic nitrogens is 1. The summed E-state index contributed by atoms with van der Waals surface area (Å²) >= 11 is 0. The van der Waals surface area contributed by atoms with Gasteiger partial charge in [0.1, 0.15) is 5.82 Å². The van der Waals surface area contributed by atoms with Gasteiger partial charge in [0.25, 0.3) is 5.91 Å². The summed E-state index contributed by atoms with van der Waals surface area (Å²) in [5.41, 5.74) is 3.11. The Bertz CT molecular complexity index is 1130. The average molecular weight is 478 g/mol. The first-order valence-electron chi connectivity index (χ1n) is 13.0. The minimum Gasteiger partial charge on any atom is -0.385 e. The molecule has 2 aromatic carbocycles. The molecule has 5 rings (SSSR count). The Morgan fingerprint density at radius 3 is 2.60 bits per heavy atom. The van der Waals surface area contributed by atoms with E-state index in [2.05, 4.69) is 32.7 Å². The number of nitrogens with zero attached hydrogens (tertiary/aromatic N) is 3. The van der Waals surface area contributed by atoms with E-state index in [1.54, 1.807) is 19.2 Å². The number of halogens is 1. The van der Waals surface area contributed by atoms with Gasteiger partial charge in [0.2, 0.25) is 0 Å². The Morgan fingerprint density at radius 1 is 1.03 bits per heavy atom. The van der Waals surface area contributed by atoms with Crippen LogP contribution < -0.4 is 0 Å². The van der Waals surface area contributed by atoms with Crippen LogP contribution in [0.25, 0.3) is 10.9 Å². The van der Waals surface area contributed by atoms with Crippen molar-refractivity contribution in [1.29, 1.82) is 0 Å². The van der Waals surface area contributed by atoms with Crippen LogP contribution in [0.5, 0.6) is 0 Å². The molecule has 2 fully saturated rings. The molecule has 2 aliphatic rings. The van der Waals surface area contributed by atoms with Crippen molar-refractivity contribution in [2.24, 2.45) is 5.92 Å². The maximum atomic E-state index is 13.6. The van der Waals surface area contributed by atoms with Crippen molar-refractivity contribution in [3.63, 3.8) is 0 Å². The third-order valence-electron chi connectivity index (χ3n) is 7.78. The van der Waals surface area contributed by atoms with Crippen molar-refractivity contribution in [3.05, 3.63) is 71.7 Å². The maximum Gasteiger partial charge on any atom is 0.256 e. The summed E-state index contributed by atoms with van der Waals surface area (Å²) in [5, 5.41) is 1.12. The monoisotopic (exact) mass is 477 g/mol. The molecule has 2 aliphatic heterocycles. The van der Waals surface area contributed by atoms with E-state index in [0.717, 1.165) is 81.4 Å². The molecule has 0 bridgehead atoms. The zero-order valence-corrected chi connectivity index (χ0v) is 20.7. The maximum absolute atomic E-state index is 13.6. The molecule has 0 spiro atoms. The van der Waals surface area contributed by atoms with E-state index in [9.17, 15) is 9.18 Å². The van der Waals surface area contributed by atoms with Gasteiger partial charge in [-0.3, -0.25) is 4.79 Å². The van der Waals surface area contributed by atoms with Gasteiger partial charge in [-0.15, -0.1) is 0 Å². The number of fused-ring (bicyclic) bond motifs is 1. The van der Waals surface area contributed by atoms with E-state index in [1.807, 2.05) is 24.3 Å². The molecule has 0 unspecified atom stereocenters. The Hall–Kier alpha value is -2.70. The largest absolute Gasteiger partial charge is 0.385 e. The molecule has 1 amide bonds. The fourth-order valence-corrected chi connectivity index (χ4v) is 5.88. The summed E-state index contributed by atoms with van der Waals surface area (Å²) in [5.74, 6) is 1.03. The van der Waals surface area contributed by atoms with Crippen LogP contribution in [-0.4, -0.2) is 66.7 Å². The van der Waals surface area contributed by atoms with Gasteiger partial charge in [-0.2, -0.15) is 0 Å². The number of para-hydroxylation sites is 1. The molecular formula is C29H36FN3O2. The van der Waals surface area contributed by atoms with Crippen molar-refractivity contribution in [1.82, 2.24) is 14.4 Å². The van der Waals surface area contributed by atoms with Crippen molar-refractivity contribution in [3.8, 4) is 0 Å². The summed E-state index contributed by atoms with van der Waals surface area (Å²) in [4.78, 5) is 18.2. The van der Waals surface area contributed by atoms with Crippen LogP contribution in [0.2, 0.25) is 0 Å². The molecular weight excluding hydrogens is 441 g/mol. The van der Waals surface area contributed by atoms with E-state index in [4.69, 9.17) is 4.74 Å². The van der Waals surface area contributed by atoms with Gasteiger partial charge in [-0.1, -0.05) is 24.3 Å². The van der Waals surface area contributed by atoms with Gasteiger partial charge in [-0.05, 0) is 80.4 Å². The Balaban J connectivity index is 1.17. The molecule has 0 N–H and O–H groups in total. The van der Waals surface area contributed by atoms with Gasteiger partial charge in [-0.25, -0.2) is 4.39 Å². The lowest BCUT2D eigenvalue weighted by Crippen LogP contribution is -2.38. The SMILES string of the molecule is COCCCn1ccc2cccc(C(=O)N3CC[C@H](CN4CCC(c5ccc(F)cc5)CC4)C3)c21. The predicted octanol–water partition coefficient (Wildman–Crippen LogP) is 5.16. The first-order valence-corrected chi connectivity index (χ1v) is 13.0. The fourth-order valence-electron chi connectivity index (χ4n) is 5.88. The lowest BCUT2D eigenvalue weighted by atomic mass is 9.89. The van der Waals surface area contributed by atoms with E-state index < -0.39 is 0 Å². The number of ether oxygens (including phenoxy) is 1. The third-order valence-corrected chi connectivity index (χ3v) is 7.78. The summed E-state index contributed by atoms with van der Waals surface area (Å²) in [6.07, 6.45) is 6.30. The van der Waals surface area contributed by atoms with E-state index in [1.165, 1.54) is 5.56 Å². The average Bonchev–Trinajstić information content (AvgIpc) is 3.52. The molecule has 3 heterocycles. The highest BCUT2D eigenvalue weighted by atomic mass is 19.1. The number of likely N-dealkylation sites (tertiary alicyclic amines) is 2. The zero-order valence-electron chi connectivity index (χ0n) is 20.7. The van der Waals surface area contributed by atoms with Crippen molar-refractivity contribution in [2.75, 3.05) is 46.4 Å². The molecule has 3 aromatic rings. The van der Waals surface area contributed by atoms with Crippen LogP contribution in [0.4, 0.5) is 4.39 Å². The summed E-state index contributed by atoms with van der Waals surface area (Å²) < 4.78 is 20.6. The van der Waals surface area contributed by atoms with E-state index >= 15 is 0 Å². The standard InChI is InChI=1S/C29H36FN3O2/c1-35-19-3-14-32-18-13-25-4-2-5-27(28(25)32)29(34)33-17-10-22(21-33)20-31-15-11-24(12-16-31)23-6-8-26(30)9-7-23/h2,4-9,13,18,22,24H,3,10-12,14-17,19-21H2,1H3/t22-/m1/s1. The lowest BCUT2D eigenvalue weighted by molar-refractivity contribution is 0.0783. The number of methoxy groups -OCH3 is 1. The number of hydrogen-bond acceptors (Lipinski definition) is 3. The Kier molecular flexibility index (Phi) is 7.49. The summed E-state index contributed by atoms with van der Waals surface area (Å²) in [6, 6.07) is 15.2. The second kappa shape index (κ2) is 10.9. The van der Waals surface area contributed by atoms with Crippen LogP contribution in [0.3, 0.4) is 0 Å². The highest BCUT2D eigenvalue weighted by Crippen LogP contribution is 2.30. The number of hydrogen-bond donors (Lipinski definition) is 0. The molecule has 35 heavy (non-hydrogen) atoms. The van der Waals surface area contributed by atoms with E-state index in [-0.39, 0.29) is 11.7 Å². The lowest BCUT2D eigenvalue weighted by Gasteiger charge is -2.33. The number of carbonyl (C=O) groups excluding carboxylic acids is 1. The van der Waals surface area contributed by atoms with Gasteiger partial charge < -0.3 is 19.1 Å².